The first kappa shape index (κ1) is 18.1. The first-order chi connectivity index (χ1) is 13.0. The minimum absolute atomic E-state index is 0.0628. The van der Waals surface area contributed by atoms with E-state index in [1.807, 2.05) is 43.3 Å². The zero-order valence-corrected chi connectivity index (χ0v) is 16.5. The van der Waals surface area contributed by atoms with E-state index in [9.17, 15) is 9.59 Å². The maximum atomic E-state index is 12.9. The number of hydrogen-bond donors (Lipinski definition) is 1. The number of carbonyl (C=O) groups is 1. The highest BCUT2D eigenvalue weighted by molar-refractivity contribution is 7.99. The fourth-order valence-corrected chi connectivity index (χ4v) is 4.89. The third-order valence-electron chi connectivity index (χ3n) is 5.21. The van der Waals surface area contributed by atoms with E-state index in [4.69, 9.17) is 4.98 Å². The second kappa shape index (κ2) is 7.38. The summed E-state index contributed by atoms with van der Waals surface area (Å²) in [7, 11) is 3.96. The number of carbonyl (C=O) groups excluding carboxylic acids is 1. The van der Waals surface area contributed by atoms with Crippen LogP contribution in [0.5, 0.6) is 0 Å². The molecule has 1 aromatic heterocycles. The van der Waals surface area contributed by atoms with Crippen molar-refractivity contribution in [2.24, 2.45) is 0 Å². The first-order valence-electron chi connectivity index (χ1n) is 9.37. The number of nitrogens with zero attached hydrogens (tertiary/aromatic N) is 3. The number of thioether (sulfide) groups is 1. The van der Waals surface area contributed by atoms with E-state index in [1.165, 1.54) is 0 Å². The molecule has 0 fully saturated rings. The van der Waals surface area contributed by atoms with Crippen LogP contribution in [-0.2, 0) is 17.6 Å². The van der Waals surface area contributed by atoms with Gasteiger partial charge in [0.15, 0.2) is 5.16 Å². The van der Waals surface area contributed by atoms with Crippen LogP contribution >= 0.6 is 11.8 Å². The van der Waals surface area contributed by atoms with Crippen molar-refractivity contribution >= 4 is 29.0 Å². The average Bonchev–Trinajstić information content (AvgIpc) is 3.05. The van der Waals surface area contributed by atoms with Crippen LogP contribution in [0.2, 0.25) is 0 Å². The van der Waals surface area contributed by atoms with Gasteiger partial charge in [0.1, 0.15) is 0 Å². The van der Waals surface area contributed by atoms with Gasteiger partial charge in [0, 0.05) is 43.2 Å². The van der Waals surface area contributed by atoms with Crippen LogP contribution in [-0.4, -0.2) is 35.3 Å². The fraction of sp³-hybridized carbons (Fsp3) is 0.450. The lowest BCUT2D eigenvalue weighted by molar-refractivity contribution is -0.116. The van der Waals surface area contributed by atoms with Crippen LogP contribution in [0, 0.1) is 0 Å². The Morgan fingerprint density at radius 3 is 2.74 bits per heavy atom. The van der Waals surface area contributed by atoms with Crippen molar-refractivity contribution in [2.75, 3.05) is 30.1 Å². The Balaban J connectivity index is 1.48. The van der Waals surface area contributed by atoms with E-state index in [0.717, 1.165) is 59.2 Å². The van der Waals surface area contributed by atoms with Gasteiger partial charge in [-0.2, -0.15) is 0 Å². The highest BCUT2D eigenvalue weighted by Crippen LogP contribution is 2.34. The van der Waals surface area contributed by atoms with Gasteiger partial charge in [0.25, 0.3) is 5.56 Å². The molecule has 142 valence electrons. The number of hydrogen-bond acceptors (Lipinski definition) is 5. The summed E-state index contributed by atoms with van der Waals surface area (Å²) >= 11 is 1.58. The Labute approximate surface area is 163 Å². The van der Waals surface area contributed by atoms with Crippen LogP contribution < -0.4 is 15.8 Å². The van der Waals surface area contributed by atoms with Crippen molar-refractivity contribution in [2.45, 2.75) is 43.3 Å². The molecule has 1 N–H and O–H groups in total. The minimum atomic E-state index is -0.127. The van der Waals surface area contributed by atoms with E-state index in [2.05, 4.69) is 5.32 Å². The Kier molecular flexibility index (Phi) is 4.95. The Bertz CT molecular complexity index is 921. The molecular weight excluding hydrogens is 360 g/mol. The highest BCUT2D eigenvalue weighted by atomic mass is 32.2. The van der Waals surface area contributed by atoms with E-state index < -0.39 is 0 Å². The third kappa shape index (κ3) is 3.60. The number of fused-ring (bicyclic) bond motifs is 2. The number of rotatable bonds is 4. The summed E-state index contributed by atoms with van der Waals surface area (Å²) < 4.78 is 1.75. The van der Waals surface area contributed by atoms with E-state index >= 15 is 0 Å². The zero-order chi connectivity index (χ0) is 19.0. The van der Waals surface area contributed by atoms with Gasteiger partial charge in [-0.3, -0.25) is 14.2 Å². The van der Waals surface area contributed by atoms with Crippen LogP contribution in [0.25, 0.3) is 0 Å². The smallest absolute Gasteiger partial charge is 0.257 e. The molecule has 1 amide bonds. The quantitative estimate of drug-likeness (QED) is 0.821. The average molecular weight is 385 g/mol. The van der Waals surface area contributed by atoms with Gasteiger partial charge in [-0.15, -0.1) is 0 Å². The van der Waals surface area contributed by atoms with Crippen molar-refractivity contribution in [1.29, 1.82) is 0 Å². The summed E-state index contributed by atoms with van der Waals surface area (Å²) in [5.41, 5.74) is 3.74. The number of anilines is 2. The number of aromatic nitrogens is 2. The summed E-state index contributed by atoms with van der Waals surface area (Å²) in [5, 5.41) is 3.72. The molecule has 0 saturated heterocycles. The second-order valence-electron chi connectivity index (χ2n) is 7.36. The lowest BCUT2D eigenvalue weighted by Gasteiger charge is -2.19. The maximum Gasteiger partial charge on any atom is 0.257 e. The number of nitrogens with one attached hydrogen (secondary N) is 1. The third-order valence-corrected chi connectivity index (χ3v) is 6.31. The maximum absolute atomic E-state index is 12.9. The number of aryl methyl sites for hydroxylation is 1. The largest absolute Gasteiger partial charge is 0.378 e. The molecule has 0 bridgehead atoms. The number of benzene rings is 1. The molecule has 1 unspecified atom stereocenters. The van der Waals surface area contributed by atoms with Crippen LogP contribution in [0.15, 0.2) is 34.2 Å². The van der Waals surface area contributed by atoms with Crippen LogP contribution in [0.4, 0.5) is 11.4 Å². The standard InChI is InChI=1S/C20H24N4O2S/c1-23(2)14-9-7-13(8-10-14)21-18(25)11-15-12-27-20-22-17-6-4-3-5-16(17)19(26)24(15)20/h7-10,15H,3-6,11-12H2,1-2H3,(H,21,25). The number of amides is 1. The molecule has 27 heavy (non-hydrogen) atoms. The summed E-state index contributed by atoms with van der Waals surface area (Å²) in [6.07, 6.45) is 4.14. The summed E-state index contributed by atoms with van der Waals surface area (Å²) in [6, 6.07) is 7.61. The molecule has 0 radical (unpaired) electrons. The van der Waals surface area contributed by atoms with Gasteiger partial charge in [-0.25, -0.2) is 4.98 Å². The Morgan fingerprint density at radius 2 is 2.00 bits per heavy atom. The van der Waals surface area contributed by atoms with Crippen molar-refractivity contribution in [3.05, 3.63) is 45.9 Å². The van der Waals surface area contributed by atoms with Gasteiger partial charge >= 0.3 is 0 Å². The molecule has 2 aliphatic rings. The fourth-order valence-electron chi connectivity index (χ4n) is 3.73. The van der Waals surface area contributed by atoms with Gasteiger partial charge < -0.3 is 10.2 Å². The van der Waals surface area contributed by atoms with Crippen molar-refractivity contribution in [1.82, 2.24) is 9.55 Å². The molecule has 0 spiro atoms. The van der Waals surface area contributed by atoms with Gasteiger partial charge in [-0.05, 0) is 49.9 Å². The first-order valence-corrected chi connectivity index (χ1v) is 10.4. The van der Waals surface area contributed by atoms with Crippen LogP contribution in [0.1, 0.15) is 36.6 Å². The monoisotopic (exact) mass is 384 g/mol. The minimum Gasteiger partial charge on any atom is -0.378 e. The Morgan fingerprint density at radius 1 is 1.26 bits per heavy atom. The zero-order valence-electron chi connectivity index (χ0n) is 15.7. The topological polar surface area (TPSA) is 67.2 Å². The van der Waals surface area contributed by atoms with E-state index in [0.29, 0.717) is 0 Å². The predicted octanol–water partition coefficient (Wildman–Crippen LogP) is 2.86. The molecule has 6 nitrogen and oxygen atoms in total. The lowest BCUT2D eigenvalue weighted by atomic mass is 9.97. The SMILES string of the molecule is CN(C)c1ccc(NC(=O)CC2CSc3nc4c(c(=O)n32)CCCC4)cc1. The van der Waals surface area contributed by atoms with Crippen molar-refractivity contribution in [3.8, 4) is 0 Å². The molecule has 0 saturated carbocycles. The highest BCUT2D eigenvalue weighted by Gasteiger charge is 2.30. The molecule has 1 aliphatic heterocycles. The van der Waals surface area contributed by atoms with Crippen LogP contribution in [0.3, 0.4) is 0 Å². The summed E-state index contributed by atoms with van der Waals surface area (Å²) in [5.74, 6) is 0.647. The van der Waals surface area contributed by atoms with Gasteiger partial charge in [-0.1, -0.05) is 11.8 Å². The Hall–Kier alpha value is -2.28. The lowest BCUT2D eigenvalue weighted by Crippen LogP contribution is -2.32. The van der Waals surface area contributed by atoms with Gasteiger partial charge in [0.2, 0.25) is 5.91 Å². The molecule has 1 aromatic carbocycles. The molecule has 4 rings (SSSR count). The predicted molar refractivity (Wildman–Crippen MR) is 109 cm³/mol. The molecule has 2 aromatic rings. The molecule has 2 heterocycles. The van der Waals surface area contributed by atoms with Crippen molar-refractivity contribution in [3.63, 3.8) is 0 Å². The molecule has 1 aliphatic carbocycles. The summed E-state index contributed by atoms with van der Waals surface area (Å²) in [6.45, 7) is 0. The van der Waals surface area contributed by atoms with Gasteiger partial charge in [0.05, 0.1) is 11.7 Å². The summed E-state index contributed by atoms with van der Waals surface area (Å²) in [4.78, 5) is 32.2. The molecule has 7 heteroatoms. The normalized spacial score (nSPS) is 17.9. The molecular formula is C20H24N4O2S. The van der Waals surface area contributed by atoms with E-state index in [1.54, 1.807) is 16.3 Å². The molecule has 1 atom stereocenters. The van der Waals surface area contributed by atoms with Crippen molar-refractivity contribution < 1.29 is 4.79 Å². The van der Waals surface area contributed by atoms with E-state index in [-0.39, 0.29) is 23.9 Å². The second-order valence-corrected chi connectivity index (χ2v) is 8.35.